The summed E-state index contributed by atoms with van der Waals surface area (Å²) in [5, 5.41) is 0.672. The fourth-order valence-corrected chi connectivity index (χ4v) is 1.53. The van der Waals surface area contributed by atoms with Crippen LogP contribution in [0.4, 0.5) is 0 Å². The molecule has 0 bridgehead atoms. The van der Waals surface area contributed by atoms with Crippen LogP contribution in [-0.4, -0.2) is 9.97 Å². The molecule has 1 aliphatic carbocycles. The van der Waals surface area contributed by atoms with E-state index in [0.29, 0.717) is 5.15 Å². The topological polar surface area (TPSA) is 25.8 Å². The zero-order valence-corrected chi connectivity index (χ0v) is 7.02. The summed E-state index contributed by atoms with van der Waals surface area (Å²) >= 11 is 11.4. The Labute approximate surface area is 73.9 Å². The van der Waals surface area contributed by atoms with Crippen molar-refractivity contribution < 1.29 is 0 Å². The summed E-state index contributed by atoms with van der Waals surface area (Å²) in [5.41, 5.74) is 1.81. The number of halogens is 2. The van der Waals surface area contributed by atoms with Gasteiger partial charge in [0.2, 0.25) is 5.28 Å². The molecule has 0 aliphatic heterocycles. The lowest BCUT2D eigenvalue weighted by Crippen LogP contribution is -1.92. The minimum atomic E-state index is 0.209. The van der Waals surface area contributed by atoms with E-state index in [4.69, 9.17) is 23.2 Å². The monoisotopic (exact) mass is 186 g/mol. The molecule has 11 heavy (non-hydrogen) atoms. The summed E-state index contributed by atoms with van der Waals surface area (Å²) in [7, 11) is 0. The van der Waals surface area contributed by atoms with Crippen LogP contribution in [0.25, 0.3) is 6.08 Å². The number of aromatic nitrogens is 2. The summed E-state index contributed by atoms with van der Waals surface area (Å²) in [6.07, 6.45) is 4.70. The van der Waals surface area contributed by atoms with Crippen LogP contribution in [-0.2, 0) is 6.42 Å². The van der Waals surface area contributed by atoms with Gasteiger partial charge in [0.25, 0.3) is 0 Å². The van der Waals surface area contributed by atoms with Crippen LogP contribution >= 0.6 is 23.2 Å². The lowest BCUT2D eigenvalue weighted by molar-refractivity contribution is 1.10. The smallest absolute Gasteiger partial charge is 0.218 e. The number of hydrogen-bond donors (Lipinski definition) is 0. The molecular weight excluding hydrogens is 183 g/mol. The minimum Gasteiger partial charge on any atom is -0.218 e. The highest BCUT2D eigenvalue weighted by molar-refractivity contribution is 6.32. The van der Waals surface area contributed by atoms with Gasteiger partial charge in [-0.05, 0) is 24.1 Å². The average molecular weight is 187 g/mol. The lowest BCUT2D eigenvalue weighted by Gasteiger charge is -1.99. The average Bonchev–Trinajstić information content (AvgIpc) is 2.34. The molecule has 0 radical (unpaired) electrons. The molecule has 0 atom stereocenters. The number of allylic oxidation sites excluding steroid dienone is 1. The summed E-state index contributed by atoms with van der Waals surface area (Å²) in [4.78, 5) is 7.82. The SMILES string of the molecule is Clc1nc(Cl)c2c(n1)C=CC2. The predicted octanol–water partition coefficient (Wildman–Crippen LogP) is 2.35. The van der Waals surface area contributed by atoms with Crippen molar-refractivity contribution in [1.29, 1.82) is 0 Å². The van der Waals surface area contributed by atoms with Gasteiger partial charge in [-0.25, -0.2) is 9.97 Å². The van der Waals surface area contributed by atoms with Gasteiger partial charge in [-0.15, -0.1) is 0 Å². The van der Waals surface area contributed by atoms with Crippen LogP contribution in [0.1, 0.15) is 11.3 Å². The molecular formula is C7H4Cl2N2. The van der Waals surface area contributed by atoms with Crippen molar-refractivity contribution in [2.75, 3.05) is 0 Å². The Balaban J connectivity index is 2.66. The molecule has 0 N–H and O–H groups in total. The van der Waals surface area contributed by atoms with E-state index >= 15 is 0 Å². The predicted molar refractivity (Wildman–Crippen MR) is 44.8 cm³/mol. The molecule has 0 spiro atoms. The lowest BCUT2D eigenvalue weighted by atomic mass is 10.2. The first-order valence-corrected chi connectivity index (χ1v) is 3.91. The number of hydrogen-bond acceptors (Lipinski definition) is 2. The molecule has 4 heteroatoms. The van der Waals surface area contributed by atoms with Gasteiger partial charge in [-0.1, -0.05) is 17.7 Å². The maximum atomic E-state index is 5.80. The Morgan fingerprint density at radius 2 is 2.09 bits per heavy atom. The van der Waals surface area contributed by atoms with Crippen molar-refractivity contribution in [3.8, 4) is 0 Å². The zero-order valence-electron chi connectivity index (χ0n) is 5.51. The van der Waals surface area contributed by atoms with E-state index in [-0.39, 0.29) is 5.28 Å². The zero-order chi connectivity index (χ0) is 7.84. The second-order valence-corrected chi connectivity index (χ2v) is 2.95. The van der Waals surface area contributed by atoms with Crippen LogP contribution in [0, 0.1) is 0 Å². The van der Waals surface area contributed by atoms with Crippen molar-refractivity contribution in [3.63, 3.8) is 0 Å². The highest BCUT2D eigenvalue weighted by Crippen LogP contribution is 2.24. The minimum absolute atomic E-state index is 0.209. The van der Waals surface area contributed by atoms with Crippen molar-refractivity contribution in [2.45, 2.75) is 6.42 Å². The maximum absolute atomic E-state index is 5.80. The fourth-order valence-electron chi connectivity index (χ4n) is 1.06. The van der Waals surface area contributed by atoms with E-state index in [0.717, 1.165) is 17.7 Å². The second-order valence-electron chi connectivity index (χ2n) is 2.25. The standard InChI is InChI=1S/C7H4Cl2N2/c8-6-4-2-1-3-5(4)10-7(9)11-6/h1,3H,2H2. The Bertz CT molecular complexity index is 333. The molecule has 1 aromatic rings. The molecule has 1 heterocycles. The van der Waals surface area contributed by atoms with Crippen LogP contribution in [0.5, 0.6) is 0 Å². The normalized spacial score (nSPS) is 13.6. The molecule has 1 aromatic heterocycles. The van der Waals surface area contributed by atoms with Gasteiger partial charge in [-0.2, -0.15) is 0 Å². The summed E-state index contributed by atoms with van der Waals surface area (Å²) in [5.74, 6) is 0. The highest BCUT2D eigenvalue weighted by atomic mass is 35.5. The molecule has 2 rings (SSSR count). The summed E-state index contributed by atoms with van der Waals surface area (Å²) in [6, 6.07) is 0. The molecule has 0 fully saturated rings. The van der Waals surface area contributed by atoms with Gasteiger partial charge in [0, 0.05) is 5.56 Å². The summed E-state index contributed by atoms with van der Waals surface area (Å²) < 4.78 is 0. The fraction of sp³-hybridized carbons (Fsp3) is 0.143. The Morgan fingerprint density at radius 3 is 2.91 bits per heavy atom. The van der Waals surface area contributed by atoms with Crippen LogP contribution in [0.15, 0.2) is 6.08 Å². The summed E-state index contributed by atoms with van der Waals surface area (Å²) in [6.45, 7) is 0. The van der Waals surface area contributed by atoms with Gasteiger partial charge in [0.05, 0.1) is 5.69 Å². The molecule has 1 aliphatic rings. The van der Waals surface area contributed by atoms with Crippen LogP contribution < -0.4 is 0 Å². The molecule has 2 nitrogen and oxygen atoms in total. The third-order valence-corrected chi connectivity index (χ3v) is 2.04. The molecule has 0 unspecified atom stereocenters. The van der Waals surface area contributed by atoms with Gasteiger partial charge in [0.15, 0.2) is 0 Å². The maximum Gasteiger partial charge on any atom is 0.224 e. The van der Waals surface area contributed by atoms with Gasteiger partial charge >= 0.3 is 0 Å². The Kier molecular flexibility index (Phi) is 1.59. The van der Waals surface area contributed by atoms with Crippen molar-refractivity contribution in [2.24, 2.45) is 0 Å². The third kappa shape index (κ3) is 1.12. The Hall–Kier alpha value is -0.600. The molecule has 0 aromatic carbocycles. The second kappa shape index (κ2) is 2.47. The number of fused-ring (bicyclic) bond motifs is 1. The first kappa shape index (κ1) is 7.07. The van der Waals surface area contributed by atoms with E-state index in [1.54, 1.807) is 0 Å². The number of nitrogens with zero attached hydrogens (tertiary/aromatic N) is 2. The van der Waals surface area contributed by atoms with Crippen molar-refractivity contribution >= 4 is 29.3 Å². The van der Waals surface area contributed by atoms with Gasteiger partial charge in [0.1, 0.15) is 5.15 Å². The van der Waals surface area contributed by atoms with Crippen molar-refractivity contribution in [1.82, 2.24) is 9.97 Å². The van der Waals surface area contributed by atoms with Crippen LogP contribution in [0.2, 0.25) is 10.4 Å². The molecule has 0 saturated carbocycles. The highest BCUT2D eigenvalue weighted by Gasteiger charge is 2.12. The van der Waals surface area contributed by atoms with E-state index in [9.17, 15) is 0 Å². The first-order valence-electron chi connectivity index (χ1n) is 3.16. The first-order chi connectivity index (χ1) is 5.27. The molecule has 0 amide bonds. The quantitative estimate of drug-likeness (QED) is 0.460. The molecule has 56 valence electrons. The van der Waals surface area contributed by atoms with E-state index in [1.807, 2.05) is 12.2 Å². The third-order valence-electron chi connectivity index (χ3n) is 1.56. The van der Waals surface area contributed by atoms with E-state index in [2.05, 4.69) is 9.97 Å². The largest absolute Gasteiger partial charge is 0.224 e. The number of rotatable bonds is 0. The molecule has 0 saturated heterocycles. The van der Waals surface area contributed by atoms with Crippen LogP contribution in [0.3, 0.4) is 0 Å². The Morgan fingerprint density at radius 1 is 1.27 bits per heavy atom. The van der Waals surface area contributed by atoms with E-state index in [1.165, 1.54) is 0 Å². The van der Waals surface area contributed by atoms with E-state index < -0.39 is 0 Å². The van der Waals surface area contributed by atoms with Gasteiger partial charge in [-0.3, -0.25) is 0 Å². The van der Waals surface area contributed by atoms with Crippen molar-refractivity contribution in [3.05, 3.63) is 27.8 Å². The van der Waals surface area contributed by atoms with Gasteiger partial charge < -0.3 is 0 Å².